The Morgan fingerprint density at radius 3 is 2.33 bits per heavy atom. The van der Waals surface area contributed by atoms with Gasteiger partial charge in [0.2, 0.25) is 0 Å². The first kappa shape index (κ1) is 9.56. The molecule has 1 unspecified atom stereocenters. The number of ether oxygens (including phenoxy) is 1. The Morgan fingerprint density at radius 2 is 2.00 bits per heavy atom. The molecule has 0 radical (unpaired) electrons. The number of rotatable bonds is 4. The van der Waals surface area contributed by atoms with Crippen LogP contribution in [0.2, 0.25) is 11.0 Å². The van der Waals surface area contributed by atoms with Crippen molar-refractivity contribution in [3.05, 3.63) is 0 Å². The van der Waals surface area contributed by atoms with Gasteiger partial charge >= 0.3 is 62.5 Å². The van der Waals surface area contributed by atoms with E-state index in [0.29, 0.717) is 6.10 Å². The molecule has 0 aromatic heterocycles. The van der Waals surface area contributed by atoms with E-state index in [1.807, 2.05) is 0 Å². The van der Waals surface area contributed by atoms with Crippen molar-refractivity contribution in [3.63, 3.8) is 0 Å². The molecule has 0 aliphatic carbocycles. The van der Waals surface area contributed by atoms with Crippen LogP contribution >= 0.6 is 0 Å². The van der Waals surface area contributed by atoms with Gasteiger partial charge < -0.3 is 0 Å². The normalized spacial score (nSPS) is 13.3. The Morgan fingerprint density at radius 1 is 1.44 bits per heavy atom. The first-order valence-electron chi connectivity index (χ1n) is 3.31. The molecule has 0 aromatic carbocycles. The van der Waals surface area contributed by atoms with Crippen molar-refractivity contribution in [2.45, 2.75) is 24.0 Å². The maximum absolute atomic E-state index is 5.55. The zero-order valence-electron chi connectivity index (χ0n) is 6.68. The van der Waals surface area contributed by atoms with E-state index >= 15 is 0 Å². The van der Waals surface area contributed by atoms with E-state index in [-0.39, 0.29) is 0 Å². The molecule has 0 aliphatic heterocycles. The molecule has 0 spiro atoms. The first-order chi connectivity index (χ1) is 4.16. The molecular weight excluding hydrogens is 174 g/mol. The molecule has 0 saturated carbocycles. The van der Waals surface area contributed by atoms with Crippen LogP contribution < -0.4 is 0 Å². The Hall–Kier alpha value is 0.556. The second-order valence-corrected chi connectivity index (χ2v) is 7.42. The molecule has 3 heteroatoms. The molecule has 0 N–H and O–H groups in total. The molecular formula is C6H15GaO2. The molecule has 0 bridgehead atoms. The summed E-state index contributed by atoms with van der Waals surface area (Å²) in [7, 11) is 1.70. The number of hydrogen-bond donors (Lipinski definition) is 0. The molecule has 54 valence electrons. The van der Waals surface area contributed by atoms with Gasteiger partial charge in [-0.2, -0.15) is 0 Å². The molecule has 2 nitrogen and oxygen atoms in total. The molecule has 0 aromatic rings. The third-order valence-electron chi connectivity index (χ3n) is 0.906. The third-order valence-corrected chi connectivity index (χ3v) is 3.02. The van der Waals surface area contributed by atoms with E-state index in [1.165, 1.54) is 0 Å². The van der Waals surface area contributed by atoms with E-state index in [2.05, 4.69) is 17.9 Å². The summed E-state index contributed by atoms with van der Waals surface area (Å²) in [5, 5.41) is 0. The van der Waals surface area contributed by atoms with E-state index in [1.54, 1.807) is 7.11 Å². The van der Waals surface area contributed by atoms with Gasteiger partial charge in [-0.15, -0.1) is 0 Å². The van der Waals surface area contributed by atoms with Crippen LogP contribution in [0.15, 0.2) is 0 Å². The van der Waals surface area contributed by atoms with Gasteiger partial charge in [0.1, 0.15) is 0 Å². The van der Waals surface area contributed by atoms with Crippen LogP contribution in [-0.2, 0) is 8.27 Å². The summed E-state index contributed by atoms with van der Waals surface area (Å²) in [6, 6.07) is 0. The Balaban J connectivity index is 3.15. The second-order valence-electron chi connectivity index (χ2n) is 2.45. The molecule has 0 heterocycles. The van der Waals surface area contributed by atoms with E-state index < -0.39 is 16.6 Å². The van der Waals surface area contributed by atoms with E-state index in [0.717, 1.165) is 6.61 Å². The first-order valence-corrected chi connectivity index (χ1v) is 9.14. The molecule has 0 rings (SSSR count). The summed E-state index contributed by atoms with van der Waals surface area (Å²) in [6.45, 7) is 2.78. The van der Waals surface area contributed by atoms with Gasteiger partial charge in [-0.3, -0.25) is 0 Å². The Bertz CT molecular complexity index is 66.1. The van der Waals surface area contributed by atoms with E-state index in [9.17, 15) is 0 Å². The minimum absolute atomic E-state index is 0.301. The van der Waals surface area contributed by atoms with Gasteiger partial charge in [-0.1, -0.05) is 0 Å². The Labute approximate surface area is 63.0 Å². The molecule has 0 aliphatic rings. The van der Waals surface area contributed by atoms with Crippen LogP contribution in [0.1, 0.15) is 6.92 Å². The molecule has 0 amide bonds. The quantitative estimate of drug-likeness (QED) is 0.620. The van der Waals surface area contributed by atoms with Gasteiger partial charge in [-0.05, 0) is 0 Å². The van der Waals surface area contributed by atoms with Crippen molar-refractivity contribution in [1.29, 1.82) is 0 Å². The van der Waals surface area contributed by atoms with E-state index in [4.69, 9.17) is 8.27 Å². The molecule has 9 heavy (non-hydrogen) atoms. The topological polar surface area (TPSA) is 18.5 Å². The number of methoxy groups -OCH3 is 1. The average Bonchev–Trinajstić information content (AvgIpc) is 1.63. The van der Waals surface area contributed by atoms with Crippen molar-refractivity contribution in [2.75, 3.05) is 13.7 Å². The van der Waals surface area contributed by atoms with Crippen LogP contribution in [-0.4, -0.2) is 36.4 Å². The summed E-state index contributed by atoms with van der Waals surface area (Å²) in [6.07, 6.45) is 0.301. The zero-order chi connectivity index (χ0) is 7.28. The maximum atomic E-state index is 5.55. The fourth-order valence-corrected chi connectivity index (χ4v) is 2.85. The SMILES string of the molecule is COCC(C)[O][Ga]([CH3])[CH3]. The summed E-state index contributed by atoms with van der Waals surface area (Å²) in [5.74, 6) is 0. The zero-order valence-corrected chi connectivity index (χ0v) is 9.10. The number of hydrogen-bond acceptors (Lipinski definition) is 2. The van der Waals surface area contributed by atoms with Crippen molar-refractivity contribution < 1.29 is 8.27 Å². The predicted octanol–water partition coefficient (Wildman–Crippen LogP) is 1.29. The summed E-state index contributed by atoms with van der Waals surface area (Å²) in [5.41, 5.74) is 4.42. The third kappa shape index (κ3) is 6.44. The fraction of sp³-hybridized carbons (Fsp3) is 1.00. The second kappa shape index (κ2) is 5.35. The van der Waals surface area contributed by atoms with Gasteiger partial charge in [0.15, 0.2) is 0 Å². The van der Waals surface area contributed by atoms with Gasteiger partial charge in [-0.25, -0.2) is 0 Å². The van der Waals surface area contributed by atoms with Crippen molar-refractivity contribution in [3.8, 4) is 0 Å². The summed E-state index contributed by atoms with van der Waals surface area (Å²) >= 11 is -1.24. The van der Waals surface area contributed by atoms with Crippen molar-refractivity contribution in [1.82, 2.24) is 0 Å². The fourth-order valence-electron chi connectivity index (χ4n) is 0.739. The molecule has 0 saturated heterocycles. The van der Waals surface area contributed by atoms with Gasteiger partial charge in [0, 0.05) is 0 Å². The standard InChI is InChI=1S/C4H9O2.2CH3.Ga/c1-4(5)3-6-2;;;/h4H,3H2,1-2H3;2*1H3;/q-1;;;+1. The molecule has 0 fully saturated rings. The van der Waals surface area contributed by atoms with Crippen LogP contribution in [0.4, 0.5) is 0 Å². The minimum atomic E-state index is -1.24. The van der Waals surface area contributed by atoms with Crippen LogP contribution in [0.5, 0.6) is 0 Å². The predicted molar refractivity (Wildman–Crippen MR) is 39.9 cm³/mol. The summed E-state index contributed by atoms with van der Waals surface area (Å²) in [4.78, 5) is 0. The van der Waals surface area contributed by atoms with Crippen LogP contribution in [0, 0.1) is 0 Å². The van der Waals surface area contributed by atoms with Gasteiger partial charge in [0.25, 0.3) is 0 Å². The monoisotopic (exact) mass is 188 g/mol. The van der Waals surface area contributed by atoms with Crippen molar-refractivity contribution in [2.24, 2.45) is 0 Å². The molecule has 1 atom stereocenters. The average molecular weight is 189 g/mol. The van der Waals surface area contributed by atoms with Crippen LogP contribution in [0.3, 0.4) is 0 Å². The van der Waals surface area contributed by atoms with Crippen molar-refractivity contribution >= 4 is 16.6 Å². The summed E-state index contributed by atoms with van der Waals surface area (Å²) < 4.78 is 10.5. The Kier molecular flexibility index (Phi) is 5.68. The van der Waals surface area contributed by atoms with Crippen LogP contribution in [0.25, 0.3) is 0 Å². The van der Waals surface area contributed by atoms with Gasteiger partial charge in [0.05, 0.1) is 0 Å².